The molecule has 2 aromatic carbocycles. The van der Waals surface area contributed by atoms with E-state index >= 15 is 0 Å². The minimum atomic E-state index is -3.56. The number of amides is 1. The minimum absolute atomic E-state index is 0.161. The van der Waals surface area contributed by atoms with Gasteiger partial charge in [0, 0.05) is 30.5 Å². The molecule has 0 aliphatic carbocycles. The van der Waals surface area contributed by atoms with Crippen molar-refractivity contribution in [2.75, 3.05) is 29.9 Å². The summed E-state index contributed by atoms with van der Waals surface area (Å²) in [6.45, 7) is 6.78. The normalized spacial score (nSPS) is 16.6. The zero-order valence-corrected chi connectivity index (χ0v) is 18.1. The predicted molar refractivity (Wildman–Crippen MR) is 117 cm³/mol. The molecule has 0 spiro atoms. The summed E-state index contributed by atoms with van der Waals surface area (Å²) in [4.78, 5) is 15.0. The topological polar surface area (TPSA) is 69.7 Å². The Labute approximate surface area is 173 Å². The van der Waals surface area contributed by atoms with Crippen LogP contribution in [0.2, 0.25) is 0 Å². The number of rotatable bonds is 7. The van der Waals surface area contributed by atoms with Gasteiger partial charge in [0.1, 0.15) is 0 Å². The number of carbonyl (C=O) groups excluding carboxylic acids is 1. The summed E-state index contributed by atoms with van der Waals surface area (Å²) < 4.78 is 26.9. The second kappa shape index (κ2) is 8.97. The zero-order chi connectivity index (χ0) is 21.0. The highest BCUT2D eigenvalue weighted by Gasteiger charge is 2.25. The maximum Gasteiger partial charge on any atom is 0.243 e. The van der Waals surface area contributed by atoms with Crippen LogP contribution in [-0.4, -0.2) is 44.3 Å². The van der Waals surface area contributed by atoms with Gasteiger partial charge in [0.15, 0.2) is 0 Å². The van der Waals surface area contributed by atoms with Gasteiger partial charge >= 0.3 is 0 Å². The lowest BCUT2D eigenvalue weighted by Crippen LogP contribution is -2.42. The van der Waals surface area contributed by atoms with Crippen LogP contribution >= 0.6 is 0 Å². The van der Waals surface area contributed by atoms with Crippen LogP contribution in [0.1, 0.15) is 32.8 Å². The van der Waals surface area contributed by atoms with E-state index in [0.29, 0.717) is 18.8 Å². The third kappa shape index (κ3) is 4.62. The molecule has 1 unspecified atom stereocenters. The number of carbonyl (C=O) groups is 1. The molecule has 1 amide bonds. The van der Waals surface area contributed by atoms with Gasteiger partial charge in [0.25, 0.3) is 0 Å². The van der Waals surface area contributed by atoms with Gasteiger partial charge < -0.3 is 10.2 Å². The Hall–Kier alpha value is -2.38. The maximum absolute atomic E-state index is 12.7. The summed E-state index contributed by atoms with van der Waals surface area (Å²) in [5.41, 5.74) is 2.84. The third-order valence-corrected chi connectivity index (χ3v) is 7.49. The fourth-order valence-electron chi connectivity index (χ4n) is 3.80. The molecular formula is C22H29N3O3S. The molecule has 1 aliphatic heterocycles. The number of sulfonamides is 1. The number of benzene rings is 2. The van der Waals surface area contributed by atoms with Gasteiger partial charge in [0.05, 0.1) is 11.4 Å². The van der Waals surface area contributed by atoms with E-state index in [1.165, 1.54) is 15.9 Å². The summed E-state index contributed by atoms with van der Waals surface area (Å²) in [6, 6.07) is 14.9. The quantitative estimate of drug-likeness (QED) is 0.751. The van der Waals surface area contributed by atoms with Crippen molar-refractivity contribution in [2.45, 2.75) is 44.6 Å². The summed E-state index contributed by atoms with van der Waals surface area (Å²) >= 11 is 0. The van der Waals surface area contributed by atoms with Crippen LogP contribution in [0.15, 0.2) is 53.4 Å². The van der Waals surface area contributed by atoms with Gasteiger partial charge in [-0.3, -0.25) is 4.79 Å². The Morgan fingerprint density at radius 3 is 2.59 bits per heavy atom. The largest absolute Gasteiger partial charge is 0.359 e. The van der Waals surface area contributed by atoms with Gasteiger partial charge in [-0.15, -0.1) is 0 Å². The third-order valence-electron chi connectivity index (χ3n) is 5.44. The second-order valence-electron chi connectivity index (χ2n) is 7.31. The Morgan fingerprint density at radius 1 is 1.14 bits per heavy atom. The molecule has 7 heteroatoms. The maximum atomic E-state index is 12.7. The van der Waals surface area contributed by atoms with Crippen LogP contribution in [-0.2, 0) is 21.2 Å². The molecule has 156 valence electrons. The Balaban J connectivity index is 1.75. The van der Waals surface area contributed by atoms with Crippen LogP contribution in [0, 0.1) is 0 Å². The van der Waals surface area contributed by atoms with Crippen molar-refractivity contribution in [1.82, 2.24) is 4.31 Å². The molecule has 1 atom stereocenters. The van der Waals surface area contributed by atoms with E-state index in [1.54, 1.807) is 18.2 Å². The molecule has 1 N–H and O–H groups in total. The number of nitrogens with zero attached hydrogens (tertiary/aromatic N) is 2. The lowest BCUT2D eigenvalue weighted by atomic mass is 9.96. The van der Waals surface area contributed by atoms with Gasteiger partial charge in [-0.1, -0.05) is 38.1 Å². The Kier molecular flexibility index (Phi) is 6.59. The lowest BCUT2D eigenvalue weighted by Gasteiger charge is -2.36. The first-order chi connectivity index (χ1) is 13.9. The molecule has 1 aliphatic rings. The van der Waals surface area contributed by atoms with Crippen molar-refractivity contribution in [3.05, 3.63) is 54.1 Å². The van der Waals surface area contributed by atoms with Crippen molar-refractivity contribution < 1.29 is 13.2 Å². The lowest BCUT2D eigenvalue weighted by molar-refractivity contribution is -0.115. The Bertz CT molecular complexity index is 971. The molecule has 0 bridgehead atoms. The number of hydrogen-bond acceptors (Lipinski definition) is 4. The monoisotopic (exact) mass is 415 g/mol. The number of hydrogen-bond donors (Lipinski definition) is 1. The van der Waals surface area contributed by atoms with Crippen LogP contribution in [0.3, 0.4) is 0 Å². The molecule has 0 saturated heterocycles. The summed E-state index contributed by atoms with van der Waals surface area (Å²) in [7, 11) is -3.56. The molecule has 6 nitrogen and oxygen atoms in total. The molecule has 0 radical (unpaired) electrons. The standard InChI is InChI=1S/C22H29N3O3S/c1-4-24(5-2)29(27,28)20-11-8-10-19(15-20)23-22(26)16-25-17(3)13-14-18-9-6-7-12-21(18)25/h6-12,15,17H,4-5,13-14,16H2,1-3H3,(H,23,26). The summed E-state index contributed by atoms with van der Waals surface area (Å²) in [5.74, 6) is -0.161. The fourth-order valence-corrected chi connectivity index (χ4v) is 5.31. The average molecular weight is 416 g/mol. The molecule has 1 heterocycles. The van der Waals surface area contributed by atoms with Crippen molar-refractivity contribution in [2.24, 2.45) is 0 Å². The number of fused-ring (bicyclic) bond motifs is 1. The van der Waals surface area contributed by atoms with E-state index < -0.39 is 10.0 Å². The van der Waals surface area contributed by atoms with Crippen LogP contribution < -0.4 is 10.2 Å². The molecular weight excluding hydrogens is 386 g/mol. The number of para-hydroxylation sites is 1. The van der Waals surface area contributed by atoms with Crippen LogP contribution in [0.5, 0.6) is 0 Å². The minimum Gasteiger partial charge on any atom is -0.359 e. The molecule has 0 fully saturated rings. The van der Waals surface area contributed by atoms with E-state index in [2.05, 4.69) is 29.3 Å². The summed E-state index contributed by atoms with van der Waals surface area (Å²) in [5, 5.41) is 2.86. The first-order valence-electron chi connectivity index (χ1n) is 10.1. The molecule has 2 aromatic rings. The van der Waals surface area contributed by atoms with E-state index in [-0.39, 0.29) is 23.4 Å². The van der Waals surface area contributed by atoms with E-state index in [0.717, 1.165) is 18.5 Å². The molecule has 3 rings (SSSR count). The highest BCUT2D eigenvalue weighted by molar-refractivity contribution is 7.89. The van der Waals surface area contributed by atoms with Crippen LogP contribution in [0.4, 0.5) is 11.4 Å². The van der Waals surface area contributed by atoms with Gasteiger partial charge in [0.2, 0.25) is 15.9 Å². The van der Waals surface area contributed by atoms with Crippen molar-refractivity contribution >= 4 is 27.3 Å². The highest BCUT2D eigenvalue weighted by Crippen LogP contribution is 2.30. The molecule has 0 saturated carbocycles. The highest BCUT2D eigenvalue weighted by atomic mass is 32.2. The van der Waals surface area contributed by atoms with E-state index in [1.807, 2.05) is 26.0 Å². The fraction of sp³-hybridized carbons (Fsp3) is 0.409. The van der Waals surface area contributed by atoms with Crippen molar-refractivity contribution in [3.8, 4) is 0 Å². The first-order valence-corrected chi connectivity index (χ1v) is 11.6. The number of anilines is 2. The van der Waals surface area contributed by atoms with Crippen molar-refractivity contribution in [1.29, 1.82) is 0 Å². The SMILES string of the molecule is CCN(CC)S(=O)(=O)c1cccc(NC(=O)CN2c3ccccc3CCC2C)c1. The van der Waals surface area contributed by atoms with Gasteiger partial charge in [-0.25, -0.2) is 8.42 Å². The average Bonchev–Trinajstić information content (AvgIpc) is 2.71. The second-order valence-corrected chi connectivity index (χ2v) is 9.25. The predicted octanol–water partition coefficient (Wildman–Crippen LogP) is 3.50. The first kappa shape index (κ1) is 21.3. The Morgan fingerprint density at radius 2 is 1.86 bits per heavy atom. The number of aryl methyl sites for hydroxylation is 1. The van der Waals surface area contributed by atoms with Crippen LogP contribution in [0.25, 0.3) is 0 Å². The van der Waals surface area contributed by atoms with Crippen molar-refractivity contribution in [3.63, 3.8) is 0 Å². The van der Waals surface area contributed by atoms with E-state index in [9.17, 15) is 13.2 Å². The van der Waals surface area contributed by atoms with Gasteiger partial charge in [-0.2, -0.15) is 4.31 Å². The summed E-state index contributed by atoms with van der Waals surface area (Å²) in [6.07, 6.45) is 2.02. The smallest absolute Gasteiger partial charge is 0.243 e. The van der Waals surface area contributed by atoms with E-state index in [4.69, 9.17) is 0 Å². The van der Waals surface area contributed by atoms with Gasteiger partial charge in [-0.05, 0) is 49.6 Å². The molecule has 29 heavy (non-hydrogen) atoms. The number of nitrogens with one attached hydrogen (secondary N) is 1. The molecule has 0 aromatic heterocycles. The zero-order valence-electron chi connectivity index (χ0n) is 17.3.